The molecular weight excluding hydrogens is 208 g/mol. The van der Waals surface area contributed by atoms with Crippen molar-refractivity contribution in [2.75, 3.05) is 6.54 Å². The predicted molar refractivity (Wildman–Crippen MR) is 57.8 cm³/mol. The summed E-state index contributed by atoms with van der Waals surface area (Å²) >= 11 is 0. The summed E-state index contributed by atoms with van der Waals surface area (Å²) in [6.07, 6.45) is 3.86. The minimum absolute atomic E-state index is 0.376. The van der Waals surface area contributed by atoms with Crippen molar-refractivity contribution in [2.24, 2.45) is 5.73 Å². The standard InChI is InChI=1S/C11H16N2O3/c12-10(11(14)15)7-13(8-3-4-8)6-9-2-1-5-16-9/h1-2,5,8,10H,3-4,6-7,12H2,(H,14,15). The first-order valence-corrected chi connectivity index (χ1v) is 5.41. The highest BCUT2D eigenvalue weighted by molar-refractivity contribution is 5.73. The first-order valence-electron chi connectivity index (χ1n) is 5.41. The molecule has 1 heterocycles. The smallest absolute Gasteiger partial charge is 0.321 e. The number of furan rings is 1. The number of carboxylic acids is 1. The molecule has 1 aliphatic carbocycles. The third-order valence-corrected chi connectivity index (χ3v) is 2.75. The number of rotatable bonds is 6. The topological polar surface area (TPSA) is 79.7 Å². The molecular formula is C11H16N2O3. The van der Waals surface area contributed by atoms with Crippen LogP contribution in [0.4, 0.5) is 0 Å². The molecule has 0 spiro atoms. The van der Waals surface area contributed by atoms with Gasteiger partial charge in [-0.15, -0.1) is 0 Å². The summed E-state index contributed by atoms with van der Waals surface area (Å²) in [6, 6.07) is 3.37. The Morgan fingerprint density at radius 2 is 2.44 bits per heavy atom. The molecule has 1 aromatic rings. The van der Waals surface area contributed by atoms with Crippen LogP contribution in [-0.4, -0.2) is 34.6 Å². The zero-order chi connectivity index (χ0) is 11.5. The maximum atomic E-state index is 10.7. The zero-order valence-electron chi connectivity index (χ0n) is 9.00. The summed E-state index contributed by atoms with van der Waals surface area (Å²) in [4.78, 5) is 12.8. The van der Waals surface area contributed by atoms with Crippen LogP contribution in [0.1, 0.15) is 18.6 Å². The molecule has 1 atom stereocenters. The van der Waals surface area contributed by atoms with Gasteiger partial charge < -0.3 is 15.3 Å². The van der Waals surface area contributed by atoms with Crippen molar-refractivity contribution >= 4 is 5.97 Å². The fourth-order valence-electron chi connectivity index (χ4n) is 1.72. The molecule has 5 heteroatoms. The van der Waals surface area contributed by atoms with E-state index in [0.717, 1.165) is 18.6 Å². The fraction of sp³-hybridized carbons (Fsp3) is 0.545. The van der Waals surface area contributed by atoms with Crippen molar-refractivity contribution in [3.05, 3.63) is 24.2 Å². The van der Waals surface area contributed by atoms with Crippen LogP contribution in [0.5, 0.6) is 0 Å². The summed E-state index contributed by atoms with van der Waals surface area (Å²) in [6.45, 7) is 1.01. The van der Waals surface area contributed by atoms with Gasteiger partial charge in [0.05, 0.1) is 12.8 Å². The lowest BCUT2D eigenvalue weighted by atomic mass is 10.2. The van der Waals surface area contributed by atoms with Gasteiger partial charge in [0.1, 0.15) is 11.8 Å². The molecule has 0 saturated heterocycles. The lowest BCUT2D eigenvalue weighted by Gasteiger charge is -2.22. The largest absolute Gasteiger partial charge is 0.480 e. The van der Waals surface area contributed by atoms with Crippen molar-refractivity contribution in [3.63, 3.8) is 0 Å². The third-order valence-electron chi connectivity index (χ3n) is 2.75. The van der Waals surface area contributed by atoms with Crippen molar-refractivity contribution in [1.29, 1.82) is 0 Å². The number of nitrogens with two attached hydrogens (primary N) is 1. The Morgan fingerprint density at radius 3 is 2.94 bits per heavy atom. The Balaban J connectivity index is 1.92. The van der Waals surface area contributed by atoms with Crippen LogP contribution < -0.4 is 5.73 Å². The molecule has 0 aliphatic heterocycles. The molecule has 0 bridgehead atoms. The van der Waals surface area contributed by atoms with Crippen molar-refractivity contribution in [1.82, 2.24) is 4.90 Å². The monoisotopic (exact) mass is 224 g/mol. The number of carboxylic acid groups (broad SMARTS) is 1. The molecule has 0 radical (unpaired) electrons. The minimum atomic E-state index is -0.954. The van der Waals surface area contributed by atoms with Crippen LogP contribution in [0.2, 0.25) is 0 Å². The summed E-state index contributed by atoms with van der Waals surface area (Å²) in [7, 11) is 0. The maximum Gasteiger partial charge on any atom is 0.321 e. The molecule has 3 N–H and O–H groups in total. The van der Waals surface area contributed by atoms with E-state index in [4.69, 9.17) is 15.3 Å². The van der Waals surface area contributed by atoms with Gasteiger partial charge >= 0.3 is 5.97 Å². The first-order chi connectivity index (χ1) is 7.66. The van der Waals surface area contributed by atoms with E-state index in [-0.39, 0.29) is 0 Å². The second-order valence-corrected chi connectivity index (χ2v) is 4.18. The van der Waals surface area contributed by atoms with Gasteiger partial charge in [-0.05, 0) is 25.0 Å². The molecule has 88 valence electrons. The van der Waals surface area contributed by atoms with Crippen LogP contribution in [0.3, 0.4) is 0 Å². The van der Waals surface area contributed by atoms with Crippen LogP contribution in [0, 0.1) is 0 Å². The normalized spacial score (nSPS) is 17.6. The SMILES string of the molecule is NC(CN(Cc1ccco1)C1CC1)C(=O)O. The van der Waals surface area contributed by atoms with E-state index in [1.54, 1.807) is 6.26 Å². The summed E-state index contributed by atoms with van der Waals surface area (Å²) in [5, 5.41) is 8.78. The van der Waals surface area contributed by atoms with Gasteiger partial charge in [-0.1, -0.05) is 0 Å². The van der Waals surface area contributed by atoms with Gasteiger partial charge in [-0.25, -0.2) is 0 Å². The maximum absolute atomic E-state index is 10.7. The number of nitrogens with zero attached hydrogens (tertiary/aromatic N) is 1. The zero-order valence-corrected chi connectivity index (χ0v) is 9.00. The van der Waals surface area contributed by atoms with E-state index in [9.17, 15) is 4.79 Å². The summed E-state index contributed by atoms with van der Waals surface area (Å²) in [5.74, 6) is -0.102. The lowest BCUT2D eigenvalue weighted by Crippen LogP contribution is -2.43. The highest BCUT2D eigenvalue weighted by Gasteiger charge is 2.31. The van der Waals surface area contributed by atoms with E-state index in [0.29, 0.717) is 19.1 Å². The average molecular weight is 224 g/mol. The molecule has 1 saturated carbocycles. The van der Waals surface area contributed by atoms with Gasteiger partial charge in [0.2, 0.25) is 0 Å². The van der Waals surface area contributed by atoms with Crippen LogP contribution in [-0.2, 0) is 11.3 Å². The molecule has 1 aliphatic rings. The molecule has 1 unspecified atom stereocenters. The van der Waals surface area contributed by atoms with Crippen LogP contribution in [0.15, 0.2) is 22.8 Å². The van der Waals surface area contributed by atoms with Gasteiger partial charge in [0.25, 0.3) is 0 Å². The minimum Gasteiger partial charge on any atom is -0.480 e. The number of hydrogen-bond donors (Lipinski definition) is 2. The number of carbonyl (C=O) groups is 1. The van der Waals surface area contributed by atoms with E-state index in [1.807, 2.05) is 12.1 Å². The Bertz CT molecular complexity index is 346. The van der Waals surface area contributed by atoms with Crippen LogP contribution in [0.25, 0.3) is 0 Å². The Morgan fingerprint density at radius 1 is 1.69 bits per heavy atom. The molecule has 0 amide bonds. The van der Waals surface area contributed by atoms with E-state index < -0.39 is 12.0 Å². The van der Waals surface area contributed by atoms with Gasteiger partial charge in [0, 0.05) is 12.6 Å². The second kappa shape index (κ2) is 4.67. The van der Waals surface area contributed by atoms with Crippen molar-refractivity contribution in [3.8, 4) is 0 Å². The lowest BCUT2D eigenvalue weighted by molar-refractivity contribution is -0.139. The third kappa shape index (κ3) is 2.84. The molecule has 1 fully saturated rings. The average Bonchev–Trinajstić information content (AvgIpc) is 2.97. The van der Waals surface area contributed by atoms with E-state index in [2.05, 4.69) is 4.90 Å². The van der Waals surface area contributed by atoms with Crippen molar-refractivity contribution < 1.29 is 14.3 Å². The molecule has 5 nitrogen and oxygen atoms in total. The van der Waals surface area contributed by atoms with Crippen LogP contribution >= 0.6 is 0 Å². The second-order valence-electron chi connectivity index (χ2n) is 4.18. The molecule has 2 rings (SSSR count). The quantitative estimate of drug-likeness (QED) is 0.741. The first kappa shape index (κ1) is 11.2. The van der Waals surface area contributed by atoms with Gasteiger partial charge in [-0.2, -0.15) is 0 Å². The highest BCUT2D eigenvalue weighted by atomic mass is 16.4. The Hall–Kier alpha value is -1.33. The highest BCUT2D eigenvalue weighted by Crippen LogP contribution is 2.28. The summed E-state index contributed by atoms with van der Waals surface area (Å²) < 4.78 is 5.25. The predicted octanol–water partition coefficient (Wildman–Crippen LogP) is 0.656. The van der Waals surface area contributed by atoms with Gasteiger partial charge in [-0.3, -0.25) is 9.69 Å². The Kier molecular flexibility index (Phi) is 3.26. The Labute approximate surface area is 93.8 Å². The summed E-state index contributed by atoms with van der Waals surface area (Å²) in [5.41, 5.74) is 5.54. The van der Waals surface area contributed by atoms with Gasteiger partial charge in [0.15, 0.2) is 0 Å². The number of hydrogen-bond acceptors (Lipinski definition) is 4. The molecule has 1 aromatic heterocycles. The van der Waals surface area contributed by atoms with Crippen molar-refractivity contribution in [2.45, 2.75) is 31.5 Å². The fourth-order valence-corrected chi connectivity index (χ4v) is 1.72. The van der Waals surface area contributed by atoms with E-state index >= 15 is 0 Å². The molecule has 0 aromatic carbocycles. The number of aliphatic carboxylic acids is 1. The van der Waals surface area contributed by atoms with E-state index in [1.165, 1.54) is 0 Å². The molecule has 16 heavy (non-hydrogen) atoms.